The van der Waals surface area contributed by atoms with Crippen molar-refractivity contribution in [3.8, 4) is 0 Å². The summed E-state index contributed by atoms with van der Waals surface area (Å²) < 4.78 is 5.76. The molecule has 0 atom stereocenters. The van der Waals surface area contributed by atoms with Gasteiger partial charge in [-0.3, -0.25) is 4.79 Å². The number of nitrogens with zero attached hydrogens (tertiary/aromatic N) is 1. The van der Waals surface area contributed by atoms with Gasteiger partial charge in [-0.1, -0.05) is 44.2 Å². The maximum atomic E-state index is 11.7. The minimum Gasteiger partial charge on any atom is -0.440 e. The number of benzene rings is 2. The summed E-state index contributed by atoms with van der Waals surface area (Å²) in [6.07, 6.45) is 0.656. The summed E-state index contributed by atoms with van der Waals surface area (Å²) in [6, 6.07) is 15.6. The van der Waals surface area contributed by atoms with Crippen LogP contribution in [0.1, 0.15) is 25.3 Å². The zero-order valence-electron chi connectivity index (χ0n) is 12.7. The van der Waals surface area contributed by atoms with Gasteiger partial charge in [-0.05, 0) is 23.8 Å². The molecular weight excluding hydrogens is 276 g/mol. The van der Waals surface area contributed by atoms with Crippen LogP contribution in [0.5, 0.6) is 0 Å². The zero-order chi connectivity index (χ0) is 15.5. The molecule has 4 nitrogen and oxygen atoms in total. The van der Waals surface area contributed by atoms with Gasteiger partial charge in [0.15, 0.2) is 11.5 Å². The van der Waals surface area contributed by atoms with E-state index in [1.54, 1.807) is 0 Å². The normalized spacial score (nSPS) is 11.0. The number of amides is 1. The van der Waals surface area contributed by atoms with E-state index in [1.807, 2.05) is 62.4 Å². The number of anilines is 1. The van der Waals surface area contributed by atoms with E-state index >= 15 is 0 Å². The first-order chi connectivity index (χ1) is 10.6. The number of nitrogens with one attached hydrogen (secondary N) is 1. The van der Waals surface area contributed by atoms with Gasteiger partial charge < -0.3 is 9.73 Å². The van der Waals surface area contributed by atoms with Crippen molar-refractivity contribution in [1.29, 1.82) is 0 Å². The van der Waals surface area contributed by atoms with Crippen molar-refractivity contribution >= 4 is 22.7 Å². The molecule has 1 aromatic heterocycles. The van der Waals surface area contributed by atoms with Gasteiger partial charge in [-0.25, -0.2) is 4.98 Å². The van der Waals surface area contributed by atoms with Gasteiger partial charge >= 0.3 is 0 Å². The SMILES string of the molecule is CC(C)C(=O)Nc1ccc2oc(Cc3ccccc3)nc2c1. The number of carbonyl (C=O) groups excluding carboxylic acids is 1. The van der Waals surface area contributed by atoms with Crippen LogP contribution in [0.25, 0.3) is 11.1 Å². The van der Waals surface area contributed by atoms with Crippen molar-refractivity contribution in [2.75, 3.05) is 5.32 Å². The average molecular weight is 294 g/mol. The number of rotatable bonds is 4. The molecule has 2 aromatic carbocycles. The first kappa shape index (κ1) is 14.3. The Hall–Kier alpha value is -2.62. The number of hydrogen-bond donors (Lipinski definition) is 1. The van der Waals surface area contributed by atoms with E-state index in [0.717, 1.165) is 22.4 Å². The lowest BCUT2D eigenvalue weighted by atomic mass is 10.1. The Balaban J connectivity index is 1.82. The summed E-state index contributed by atoms with van der Waals surface area (Å²) in [4.78, 5) is 16.2. The molecule has 0 bridgehead atoms. The second kappa shape index (κ2) is 6.02. The highest BCUT2D eigenvalue weighted by Crippen LogP contribution is 2.22. The highest BCUT2D eigenvalue weighted by Gasteiger charge is 2.10. The molecule has 1 amide bonds. The van der Waals surface area contributed by atoms with Crippen molar-refractivity contribution in [3.05, 3.63) is 60.0 Å². The third-order valence-electron chi connectivity index (χ3n) is 3.42. The number of aromatic nitrogens is 1. The van der Waals surface area contributed by atoms with E-state index in [-0.39, 0.29) is 11.8 Å². The fraction of sp³-hybridized carbons (Fsp3) is 0.222. The van der Waals surface area contributed by atoms with Crippen LogP contribution in [-0.4, -0.2) is 10.9 Å². The second-order valence-corrected chi connectivity index (χ2v) is 5.60. The summed E-state index contributed by atoms with van der Waals surface area (Å²) in [5.74, 6) is 0.613. The number of oxazole rings is 1. The summed E-state index contributed by atoms with van der Waals surface area (Å²) in [7, 11) is 0. The van der Waals surface area contributed by atoms with Crippen LogP contribution in [0.3, 0.4) is 0 Å². The molecule has 0 saturated heterocycles. The van der Waals surface area contributed by atoms with Gasteiger partial charge in [-0.15, -0.1) is 0 Å². The van der Waals surface area contributed by atoms with Gasteiger partial charge in [0, 0.05) is 18.0 Å². The first-order valence-electron chi connectivity index (χ1n) is 7.36. The van der Waals surface area contributed by atoms with E-state index in [0.29, 0.717) is 12.3 Å². The third-order valence-corrected chi connectivity index (χ3v) is 3.42. The van der Waals surface area contributed by atoms with Crippen molar-refractivity contribution in [3.63, 3.8) is 0 Å². The molecule has 3 aromatic rings. The molecule has 0 fully saturated rings. The summed E-state index contributed by atoms with van der Waals surface area (Å²) in [5.41, 5.74) is 3.38. The molecule has 0 aliphatic rings. The predicted molar refractivity (Wildman–Crippen MR) is 86.7 cm³/mol. The van der Waals surface area contributed by atoms with Crippen molar-refractivity contribution < 1.29 is 9.21 Å². The summed E-state index contributed by atoms with van der Waals surface area (Å²) in [5, 5.41) is 2.87. The molecule has 0 aliphatic heterocycles. The molecule has 0 radical (unpaired) electrons. The van der Waals surface area contributed by atoms with E-state index < -0.39 is 0 Å². The summed E-state index contributed by atoms with van der Waals surface area (Å²) in [6.45, 7) is 3.73. The van der Waals surface area contributed by atoms with E-state index in [1.165, 1.54) is 0 Å². The maximum Gasteiger partial charge on any atom is 0.226 e. The Bertz CT molecular complexity index is 791. The second-order valence-electron chi connectivity index (χ2n) is 5.60. The predicted octanol–water partition coefficient (Wildman–Crippen LogP) is 4.01. The molecule has 0 unspecified atom stereocenters. The molecule has 112 valence electrons. The van der Waals surface area contributed by atoms with Gasteiger partial charge in [0.25, 0.3) is 0 Å². The molecule has 0 spiro atoms. The van der Waals surface area contributed by atoms with Gasteiger partial charge in [0.1, 0.15) is 5.52 Å². The summed E-state index contributed by atoms with van der Waals surface area (Å²) >= 11 is 0. The highest BCUT2D eigenvalue weighted by molar-refractivity contribution is 5.93. The van der Waals surface area contributed by atoms with Crippen molar-refractivity contribution in [2.45, 2.75) is 20.3 Å². The Morgan fingerprint density at radius 1 is 1.18 bits per heavy atom. The minimum absolute atomic E-state index is 0.00708. The number of fused-ring (bicyclic) bond motifs is 1. The molecule has 1 heterocycles. The largest absolute Gasteiger partial charge is 0.440 e. The lowest BCUT2D eigenvalue weighted by Crippen LogP contribution is -2.17. The maximum absolute atomic E-state index is 11.7. The van der Waals surface area contributed by atoms with Gasteiger partial charge in [0.2, 0.25) is 5.91 Å². The topological polar surface area (TPSA) is 55.1 Å². The Morgan fingerprint density at radius 3 is 2.68 bits per heavy atom. The zero-order valence-corrected chi connectivity index (χ0v) is 12.7. The van der Waals surface area contributed by atoms with E-state index in [4.69, 9.17) is 4.42 Å². The lowest BCUT2D eigenvalue weighted by molar-refractivity contribution is -0.118. The smallest absolute Gasteiger partial charge is 0.226 e. The molecule has 4 heteroatoms. The lowest BCUT2D eigenvalue weighted by Gasteiger charge is -2.06. The van der Waals surface area contributed by atoms with Crippen LogP contribution in [0.2, 0.25) is 0 Å². The highest BCUT2D eigenvalue weighted by atomic mass is 16.3. The van der Waals surface area contributed by atoms with Crippen LogP contribution in [-0.2, 0) is 11.2 Å². The fourth-order valence-corrected chi connectivity index (χ4v) is 2.19. The van der Waals surface area contributed by atoms with Crippen molar-refractivity contribution in [2.24, 2.45) is 5.92 Å². The van der Waals surface area contributed by atoms with Crippen LogP contribution < -0.4 is 5.32 Å². The quantitative estimate of drug-likeness (QED) is 0.791. The number of carbonyl (C=O) groups is 1. The number of hydrogen-bond acceptors (Lipinski definition) is 3. The Kier molecular flexibility index (Phi) is 3.92. The molecule has 3 rings (SSSR count). The Morgan fingerprint density at radius 2 is 1.95 bits per heavy atom. The van der Waals surface area contributed by atoms with E-state index in [9.17, 15) is 4.79 Å². The molecular formula is C18H18N2O2. The monoisotopic (exact) mass is 294 g/mol. The minimum atomic E-state index is -0.0540. The molecule has 0 aliphatic carbocycles. The van der Waals surface area contributed by atoms with Crippen molar-refractivity contribution in [1.82, 2.24) is 4.98 Å². The third kappa shape index (κ3) is 3.17. The fourth-order valence-electron chi connectivity index (χ4n) is 2.19. The molecule has 22 heavy (non-hydrogen) atoms. The van der Waals surface area contributed by atoms with E-state index in [2.05, 4.69) is 10.3 Å². The average Bonchev–Trinajstić information content (AvgIpc) is 2.89. The van der Waals surface area contributed by atoms with Crippen LogP contribution in [0.4, 0.5) is 5.69 Å². The van der Waals surface area contributed by atoms with Gasteiger partial charge in [-0.2, -0.15) is 0 Å². The van der Waals surface area contributed by atoms with Crippen LogP contribution in [0.15, 0.2) is 52.9 Å². The standard InChI is InChI=1S/C18H18N2O2/c1-12(2)18(21)19-14-8-9-16-15(11-14)20-17(22-16)10-13-6-4-3-5-7-13/h3-9,11-12H,10H2,1-2H3,(H,19,21). The van der Waals surface area contributed by atoms with Crippen LogP contribution in [0, 0.1) is 5.92 Å². The van der Waals surface area contributed by atoms with Gasteiger partial charge in [0.05, 0.1) is 0 Å². The van der Waals surface area contributed by atoms with Crippen LogP contribution >= 0.6 is 0 Å². The molecule has 0 saturated carbocycles. The Labute approximate surface area is 129 Å². The molecule has 1 N–H and O–H groups in total. The first-order valence-corrected chi connectivity index (χ1v) is 7.36.